The fourth-order valence-electron chi connectivity index (χ4n) is 2.84. The van der Waals surface area contributed by atoms with Gasteiger partial charge in [0.15, 0.2) is 0 Å². The molecule has 26 heavy (non-hydrogen) atoms. The molecule has 0 radical (unpaired) electrons. The van der Waals surface area contributed by atoms with Crippen molar-refractivity contribution in [1.82, 2.24) is 0 Å². The number of para-hydroxylation sites is 2. The number of benzene rings is 2. The lowest BCUT2D eigenvalue weighted by atomic mass is 9.86. The molecule has 140 valence electrons. The van der Waals surface area contributed by atoms with Gasteiger partial charge in [-0.05, 0) is 44.5 Å². The molecule has 0 aliphatic rings. The van der Waals surface area contributed by atoms with E-state index in [1.165, 1.54) is 0 Å². The van der Waals surface area contributed by atoms with Crippen LogP contribution in [0, 0.1) is 5.41 Å². The molecule has 0 amide bonds. The number of halogens is 2. The van der Waals surface area contributed by atoms with Gasteiger partial charge in [0.25, 0.3) is 0 Å². The summed E-state index contributed by atoms with van der Waals surface area (Å²) in [5.41, 5.74) is 2.02. The number of Topliss-reactive ketones (excluding diaryl/α,β-unsaturated/α-hetero) is 1. The van der Waals surface area contributed by atoms with E-state index in [1.54, 1.807) is 0 Å². The SMILES string of the molecule is CC(C)(C)C(=O)Cc1ccccc1N(c1c(Cl)cccc1Cl)C(C)(C)C. The van der Waals surface area contributed by atoms with Crippen molar-refractivity contribution >= 4 is 40.4 Å². The highest BCUT2D eigenvalue weighted by Gasteiger charge is 2.30. The molecule has 2 aromatic carbocycles. The fourth-order valence-corrected chi connectivity index (χ4v) is 3.40. The van der Waals surface area contributed by atoms with Gasteiger partial charge in [0.2, 0.25) is 0 Å². The Morgan fingerprint density at radius 2 is 1.42 bits per heavy atom. The van der Waals surface area contributed by atoms with Crippen LogP contribution < -0.4 is 4.90 Å². The molecule has 0 bridgehead atoms. The lowest BCUT2D eigenvalue weighted by Crippen LogP contribution is -2.39. The Morgan fingerprint density at radius 3 is 1.92 bits per heavy atom. The molecular formula is C22H27Cl2NO. The van der Waals surface area contributed by atoms with Crippen LogP contribution in [-0.4, -0.2) is 11.3 Å². The van der Waals surface area contributed by atoms with Gasteiger partial charge < -0.3 is 4.90 Å². The quantitative estimate of drug-likeness (QED) is 0.554. The maximum absolute atomic E-state index is 12.7. The van der Waals surface area contributed by atoms with Gasteiger partial charge in [0.1, 0.15) is 5.78 Å². The van der Waals surface area contributed by atoms with Crippen LogP contribution >= 0.6 is 23.2 Å². The van der Waals surface area contributed by atoms with Crippen molar-refractivity contribution in [2.75, 3.05) is 4.90 Å². The summed E-state index contributed by atoms with van der Waals surface area (Å²) < 4.78 is 0. The van der Waals surface area contributed by atoms with Crippen molar-refractivity contribution in [3.8, 4) is 0 Å². The van der Waals surface area contributed by atoms with Crippen LogP contribution in [0.15, 0.2) is 42.5 Å². The molecule has 2 nitrogen and oxygen atoms in total. The zero-order valence-electron chi connectivity index (χ0n) is 16.4. The molecule has 0 aliphatic heterocycles. The summed E-state index contributed by atoms with van der Waals surface area (Å²) in [5.74, 6) is 0.198. The van der Waals surface area contributed by atoms with Gasteiger partial charge in [0.05, 0.1) is 15.7 Å². The van der Waals surface area contributed by atoms with E-state index in [2.05, 4.69) is 25.7 Å². The van der Waals surface area contributed by atoms with Crippen molar-refractivity contribution in [3.63, 3.8) is 0 Å². The van der Waals surface area contributed by atoms with Gasteiger partial charge in [-0.2, -0.15) is 0 Å². The molecule has 0 saturated carbocycles. The highest BCUT2D eigenvalue weighted by molar-refractivity contribution is 6.39. The molecule has 0 fully saturated rings. The molecule has 2 rings (SSSR count). The summed E-state index contributed by atoms with van der Waals surface area (Å²) in [6, 6.07) is 13.5. The molecular weight excluding hydrogens is 365 g/mol. The first-order valence-corrected chi connectivity index (χ1v) is 9.54. The van der Waals surface area contributed by atoms with Crippen LogP contribution in [0.1, 0.15) is 47.1 Å². The number of rotatable bonds is 4. The van der Waals surface area contributed by atoms with E-state index in [9.17, 15) is 4.79 Å². The third kappa shape index (κ3) is 4.61. The summed E-state index contributed by atoms with van der Waals surface area (Å²) in [6.45, 7) is 12.2. The van der Waals surface area contributed by atoms with Gasteiger partial charge in [-0.1, -0.05) is 68.2 Å². The first-order valence-electron chi connectivity index (χ1n) is 8.78. The minimum absolute atomic E-state index is 0.198. The molecule has 0 atom stereocenters. The lowest BCUT2D eigenvalue weighted by molar-refractivity contribution is -0.125. The monoisotopic (exact) mass is 391 g/mol. The van der Waals surface area contributed by atoms with Crippen molar-refractivity contribution in [2.45, 2.75) is 53.5 Å². The Labute approximate surface area is 167 Å². The fraction of sp³-hybridized carbons (Fsp3) is 0.409. The predicted molar refractivity (Wildman–Crippen MR) is 113 cm³/mol. The van der Waals surface area contributed by atoms with Crippen molar-refractivity contribution in [1.29, 1.82) is 0 Å². The summed E-state index contributed by atoms with van der Waals surface area (Å²) >= 11 is 13.0. The van der Waals surface area contributed by atoms with Crippen LogP contribution in [-0.2, 0) is 11.2 Å². The molecule has 0 unspecified atom stereocenters. The van der Waals surface area contributed by atoms with E-state index < -0.39 is 0 Å². The van der Waals surface area contributed by atoms with Gasteiger partial charge in [-0.15, -0.1) is 0 Å². The number of nitrogens with zero attached hydrogens (tertiary/aromatic N) is 1. The number of carbonyl (C=O) groups excluding carboxylic acids is 1. The Bertz CT molecular complexity index is 780. The second kappa shape index (κ2) is 7.62. The topological polar surface area (TPSA) is 20.3 Å². The van der Waals surface area contributed by atoms with Crippen molar-refractivity contribution in [2.24, 2.45) is 5.41 Å². The zero-order valence-corrected chi connectivity index (χ0v) is 17.9. The summed E-state index contributed by atoms with van der Waals surface area (Å²) in [4.78, 5) is 14.8. The van der Waals surface area contributed by atoms with Crippen LogP contribution in [0.2, 0.25) is 10.0 Å². The third-order valence-electron chi connectivity index (χ3n) is 4.25. The Morgan fingerprint density at radius 1 is 0.885 bits per heavy atom. The first kappa shape index (κ1) is 20.8. The molecule has 0 heterocycles. The molecule has 0 saturated heterocycles. The van der Waals surface area contributed by atoms with E-state index >= 15 is 0 Å². The first-order chi connectivity index (χ1) is 11.9. The second-order valence-electron chi connectivity index (χ2n) is 8.56. The number of hydrogen-bond donors (Lipinski definition) is 0. The standard InChI is InChI=1S/C22H27Cl2NO/c1-21(2,3)19(26)14-15-10-7-8-13-18(15)25(22(4,5)6)20-16(23)11-9-12-17(20)24/h7-13H,14H2,1-6H3. The largest absolute Gasteiger partial charge is 0.333 e. The summed E-state index contributed by atoms with van der Waals surface area (Å²) in [5, 5.41) is 1.17. The van der Waals surface area contributed by atoms with Crippen LogP contribution in [0.5, 0.6) is 0 Å². The highest BCUT2D eigenvalue weighted by atomic mass is 35.5. The molecule has 0 aliphatic carbocycles. The summed E-state index contributed by atoms with van der Waals surface area (Å²) in [6.07, 6.45) is 0.369. The minimum Gasteiger partial charge on any atom is -0.333 e. The Kier molecular flexibility index (Phi) is 6.09. The predicted octanol–water partition coefficient (Wildman–Crippen LogP) is 7.09. The van der Waals surface area contributed by atoms with Crippen LogP contribution in [0.3, 0.4) is 0 Å². The van der Waals surface area contributed by atoms with E-state index in [-0.39, 0.29) is 16.7 Å². The third-order valence-corrected chi connectivity index (χ3v) is 4.86. The van der Waals surface area contributed by atoms with E-state index in [0.29, 0.717) is 16.5 Å². The molecule has 0 aromatic heterocycles. The number of ketones is 1. The Balaban J connectivity index is 2.64. The van der Waals surface area contributed by atoms with Gasteiger partial charge in [0, 0.05) is 23.1 Å². The second-order valence-corrected chi connectivity index (χ2v) is 9.37. The molecule has 4 heteroatoms. The van der Waals surface area contributed by atoms with Crippen LogP contribution in [0.4, 0.5) is 11.4 Å². The average Bonchev–Trinajstić information content (AvgIpc) is 2.50. The van der Waals surface area contributed by atoms with Crippen molar-refractivity contribution < 1.29 is 4.79 Å². The highest BCUT2D eigenvalue weighted by Crippen LogP contribution is 2.43. The van der Waals surface area contributed by atoms with Gasteiger partial charge in [-0.3, -0.25) is 4.79 Å². The van der Waals surface area contributed by atoms with Crippen molar-refractivity contribution in [3.05, 3.63) is 58.1 Å². The number of anilines is 2. The van der Waals surface area contributed by atoms with Gasteiger partial charge >= 0.3 is 0 Å². The molecule has 2 aromatic rings. The van der Waals surface area contributed by atoms with E-state index in [0.717, 1.165) is 16.9 Å². The normalized spacial score (nSPS) is 12.2. The maximum atomic E-state index is 12.7. The van der Waals surface area contributed by atoms with Gasteiger partial charge in [-0.25, -0.2) is 0 Å². The Hall–Kier alpha value is -1.51. The van der Waals surface area contributed by atoms with E-state index in [1.807, 2.05) is 63.2 Å². The number of hydrogen-bond acceptors (Lipinski definition) is 2. The summed E-state index contributed by atoms with van der Waals surface area (Å²) in [7, 11) is 0. The number of carbonyl (C=O) groups is 1. The molecule has 0 N–H and O–H groups in total. The van der Waals surface area contributed by atoms with Crippen LogP contribution in [0.25, 0.3) is 0 Å². The lowest BCUT2D eigenvalue weighted by Gasteiger charge is -2.40. The average molecular weight is 392 g/mol. The zero-order chi connectivity index (χ0) is 19.7. The van der Waals surface area contributed by atoms with E-state index in [4.69, 9.17) is 23.2 Å². The smallest absolute Gasteiger partial charge is 0.142 e. The molecule has 0 spiro atoms. The maximum Gasteiger partial charge on any atom is 0.142 e. The minimum atomic E-state index is -0.387.